The molecule has 0 aromatic heterocycles. The van der Waals surface area contributed by atoms with Crippen molar-refractivity contribution in [3.8, 4) is 0 Å². The van der Waals surface area contributed by atoms with Gasteiger partial charge in [-0.25, -0.2) is 0 Å². The Morgan fingerprint density at radius 1 is 0.222 bits per heavy atom. The molecule has 0 saturated carbocycles. The minimum atomic E-state index is 0.527. The van der Waals surface area contributed by atoms with Crippen LogP contribution in [0.5, 0.6) is 0 Å². The van der Waals surface area contributed by atoms with Crippen LogP contribution in [-0.4, -0.2) is 145 Å². The molecule has 0 saturated heterocycles. The van der Waals surface area contributed by atoms with Gasteiger partial charge in [0, 0.05) is 13.2 Å². The molecule has 0 radical (unpaired) electrons. The van der Waals surface area contributed by atoms with Crippen LogP contribution in [-0.2, 0) is 52.1 Å². The minimum Gasteiger partial charge on any atom is -0.379 e. The third-order valence-electron chi connectivity index (χ3n) is 4.27. The maximum atomic E-state index is 5.46. The molecule has 0 rings (SSSR count). The van der Waals surface area contributed by atoms with Crippen LogP contribution in [0, 0.1) is 0 Å². The zero-order chi connectivity index (χ0) is 26.0. The molecule has 0 aliphatic rings. The highest BCUT2D eigenvalue weighted by Crippen LogP contribution is 1.87. The highest BCUT2D eigenvalue weighted by Gasteiger charge is 1.96. The minimum absolute atomic E-state index is 0.527. The molecule has 0 aromatic rings. The summed E-state index contributed by atoms with van der Waals surface area (Å²) in [7, 11) is 0. The van der Waals surface area contributed by atoms with Crippen molar-refractivity contribution in [1.82, 2.24) is 0 Å². The van der Waals surface area contributed by atoms with E-state index in [1.165, 1.54) is 0 Å². The molecule has 0 bridgehead atoms. The first-order valence-corrected chi connectivity index (χ1v) is 13.3. The molecule has 0 fully saturated rings. The maximum Gasteiger partial charge on any atom is 0.0701 e. The predicted molar refractivity (Wildman–Crippen MR) is 135 cm³/mol. The van der Waals surface area contributed by atoms with Crippen LogP contribution in [0.25, 0.3) is 0 Å². The summed E-state index contributed by atoms with van der Waals surface area (Å²) >= 11 is 0. The van der Waals surface area contributed by atoms with Gasteiger partial charge in [0.25, 0.3) is 0 Å². The molecule has 0 aliphatic carbocycles. The molecule has 0 amide bonds. The Morgan fingerprint density at radius 2 is 0.389 bits per heavy atom. The SMILES string of the molecule is CCCOCCOCCOCCOCCOCCOCCOCCOCCOCCOCCOCC. The van der Waals surface area contributed by atoms with Gasteiger partial charge in [-0.2, -0.15) is 0 Å². The van der Waals surface area contributed by atoms with Gasteiger partial charge in [-0.3, -0.25) is 0 Å². The van der Waals surface area contributed by atoms with Crippen LogP contribution >= 0.6 is 0 Å². The van der Waals surface area contributed by atoms with Gasteiger partial charge >= 0.3 is 0 Å². The van der Waals surface area contributed by atoms with Gasteiger partial charge in [-0.15, -0.1) is 0 Å². The van der Waals surface area contributed by atoms with E-state index in [1.807, 2.05) is 6.92 Å². The van der Waals surface area contributed by atoms with E-state index in [0.717, 1.165) is 13.0 Å². The lowest BCUT2D eigenvalue weighted by molar-refractivity contribution is -0.0273. The van der Waals surface area contributed by atoms with E-state index in [9.17, 15) is 0 Å². The molecule has 0 spiro atoms. The topological polar surface area (TPSA) is 102 Å². The molecule has 0 atom stereocenters. The van der Waals surface area contributed by atoms with Gasteiger partial charge in [0.05, 0.1) is 132 Å². The lowest BCUT2D eigenvalue weighted by Crippen LogP contribution is -2.15. The average molecular weight is 529 g/mol. The molecule has 36 heavy (non-hydrogen) atoms. The van der Waals surface area contributed by atoms with Crippen molar-refractivity contribution in [3.05, 3.63) is 0 Å². The van der Waals surface area contributed by atoms with E-state index in [1.54, 1.807) is 0 Å². The summed E-state index contributed by atoms with van der Waals surface area (Å²) < 4.78 is 59.3. The van der Waals surface area contributed by atoms with Crippen molar-refractivity contribution in [2.24, 2.45) is 0 Å². The fourth-order valence-electron chi connectivity index (χ4n) is 2.49. The highest BCUT2D eigenvalue weighted by atomic mass is 16.6. The van der Waals surface area contributed by atoms with Crippen LogP contribution in [0.2, 0.25) is 0 Å². The number of ether oxygens (including phenoxy) is 11. The van der Waals surface area contributed by atoms with E-state index in [-0.39, 0.29) is 0 Å². The molecule has 0 N–H and O–H groups in total. The summed E-state index contributed by atoms with van der Waals surface area (Å²) in [6.45, 7) is 16.7. The highest BCUT2D eigenvalue weighted by molar-refractivity contribution is 4.38. The van der Waals surface area contributed by atoms with Crippen molar-refractivity contribution in [2.75, 3.05) is 145 Å². The smallest absolute Gasteiger partial charge is 0.0701 e. The summed E-state index contributed by atoms with van der Waals surface area (Å²) in [5.41, 5.74) is 0. The van der Waals surface area contributed by atoms with Gasteiger partial charge in [-0.05, 0) is 13.3 Å². The quantitative estimate of drug-likeness (QED) is 0.116. The number of rotatable bonds is 33. The van der Waals surface area contributed by atoms with Gasteiger partial charge in [0.1, 0.15) is 0 Å². The first-order chi connectivity index (χ1) is 17.9. The number of hydrogen-bond acceptors (Lipinski definition) is 11. The Hall–Kier alpha value is -0.440. The molecular weight excluding hydrogens is 476 g/mol. The van der Waals surface area contributed by atoms with Crippen molar-refractivity contribution < 1.29 is 52.1 Å². The normalized spacial score (nSPS) is 11.5. The molecule has 0 aliphatic heterocycles. The summed E-state index contributed by atoms with van der Waals surface area (Å²) in [6, 6.07) is 0. The molecule has 11 heteroatoms. The summed E-state index contributed by atoms with van der Waals surface area (Å²) in [6.07, 6.45) is 1.03. The van der Waals surface area contributed by atoms with Crippen molar-refractivity contribution >= 4 is 0 Å². The molecule has 0 aromatic carbocycles. The van der Waals surface area contributed by atoms with Crippen LogP contribution < -0.4 is 0 Å². The van der Waals surface area contributed by atoms with Gasteiger partial charge in [0.15, 0.2) is 0 Å². The van der Waals surface area contributed by atoms with Crippen LogP contribution in [0.3, 0.4) is 0 Å². The zero-order valence-electron chi connectivity index (χ0n) is 22.8. The second kappa shape index (κ2) is 34.6. The van der Waals surface area contributed by atoms with Crippen LogP contribution in [0.15, 0.2) is 0 Å². The van der Waals surface area contributed by atoms with Gasteiger partial charge in [-0.1, -0.05) is 6.92 Å². The van der Waals surface area contributed by atoms with E-state index in [2.05, 4.69) is 6.92 Å². The molecule has 11 nitrogen and oxygen atoms in total. The second-order valence-electron chi connectivity index (χ2n) is 7.32. The van der Waals surface area contributed by atoms with E-state index >= 15 is 0 Å². The maximum absolute atomic E-state index is 5.46. The Kier molecular flexibility index (Phi) is 34.1. The van der Waals surface area contributed by atoms with Crippen molar-refractivity contribution in [3.63, 3.8) is 0 Å². The predicted octanol–water partition coefficient (Wildman–Crippen LogP) is 1.60. The monoisotopic (exact) mass is 528 g/mol. The molecular formula is C25H52O11. The Labute approximate surface area is 218 Å². The molecule has 0 heterocycles. The Balaban J connectivity index is 3.00. The lowest BCUT2D eigenvalue weighted by atomic mass is 10.5. The fraction of sp³-hybridized carbons (Fsp3) is 1.00. The van der Waals surface area contributed by atoms with Gasteiger partial charge in [0.2, 0.25) is 0 Å². The summed E-state index contributed by atoms with van der Waals surface area (Å²) in [4.78, 5) is 0. The lowest BCUT2D eigenvalue weighted by Gasteiger charge is -2.09. The largest absolute Gasteiger partial charge is 0.379 e. The van der Waals surface area contributed by atoms with Crippen molar-refractivity contribution in [1.29, 1.82) is 0 Å². The van der Waals surface area contributed by atoms with Crippen molar-refractivity contribution in [2.45, 2.75) is 20.3 Å². The first kappa shape index (κ1) is 35.6. The fourth-order valence-corrected chi connectivity index (χ4v) is 2.49. The first-order valence-electron chi connectivity index (χ1n) is 13.3. The van der Waals surface area contributed by atoms with E-state index in [0.29, 0.717) is 139 Å². The summed E-state index contributed by atoms with van der Waals surface area (Å²) in [5, 5.41) is 0. The average Bonchev–Trinajstić information content (AvgIpc) is 2.89. The molecule has 218 valence electrons. The van der Waals surface area contributed by atoms with Crippen LogP contribution in [0.1, 0.15) is 20.3 Å². The Morgan fingerprint density at radius 3 is 0.556 bits per heavy atom. The second-order valence-corrected chi connectivity index (χ2v) is 7.32. The van der Waals surface area contributed by atoms with Gasteiger partial charge < -0.3 is 52.1 Å². The summed E-state index contributed by atoms with van der Waals surface area (Å²) in [5.74, 6) is 0. The van der Waals surface area contributed by atoms with E-state index < -0.39 is 0 Å². The Bertz CT molecular complexity index is 344. The number of hydrogen-bond donors (Lipinski definition) is 0. The van der Waals surface area contributed by atoms with Crippen LogP contribution in [0.4, 0.5) is 0 Å². The standard InChI is InChI=1S/C25H52O11/c1-3-5-27-8-9-29-12-13-31-16-17-33-20-21-35-24-25-36-23-22-34-19-18-32-15-14-30-11-10-28-7-6-26-4-2/h3-25H2,1-2H3. The zero-order valence-corrected chi connectivity index (χ0v) is 22.8. The third-order valence-corrected chi connectivity index (χ3v) is 4.27. The van der Waals surface area contributed by atoms with E-state index in [4.69, 9.17) is 52.1 Å². The third kappa shape index (κ3) is 33.6. The molecule has 0 unspecified atom stereocenters.